The number of halogens is 3. The van der Waals surface area contributed by atoms with Crippen molar-refractivity contribution in [1.82, 2.24) is 4.57 Å². The molecule has 0 N–H and O–H groups in total. The first-order valence-electron chi connectivity index (χ1n) is 7.44. The molecule has 0 aliphatic heterocycles. The summed E-state index contributed by atoms with van der Waals surface area (Å²) in [6.07, 6.45) is 1.86. The first-order chi connectivity index (χ1) is 11.6. The van der Waals surface area contributed by atoms with E-state index in [1.807, 2.05) is 30.3 Å². The number of allylic oxidation sites excluding steroid dienone is 1. The van der Waals surface area contributed by atoms with Gasteiger partial charge in [-0.1, -0.05) is 41.4 Å². The summed E-state index contributed by atoms with van der Waals surface area (Å²) in [6.45, 7) is 6.57. The van der Waals surface area contributed by atoms with Crippen LogP contribution in [0.5, 0.6) is 0 Å². The fraction of sp³-hybridized carbons (Fsp3) is 0.105. The van der Waals surface area contributed by atoms with E-state index in [0.717, 1.165) is 21.7 Å². The average Bonchev–Trinajstić information content (AvgIpc) is 2.91. The maximum atomic E-state index is 6.38. The van der Waals surface area contributed by atoms with Crippen molar-refractivity contribution in [3.05, 3.63) is 80.9 Å². The Hall–Kier alpha value is -1.52. The van der Waals surface area contributed by atoms with Crippen LogP contribution in [-0.4, -0.2) is 4.57 Å². The molecule has 0 unspecified atom stereocenters. The van der Waals surface area contributed by atoms with Gasteiger partial charge >= 0.3 is 0 Å². The molecule has 0 fully saturated rings. The van der Waals surface area contributed by atoms with E-state index in [1.54, 1.807) is 17.4 Å². The first-order valence-corrected chi connectivity index (χ1v) is 9.08. The van der Waals surface area contributed by atoms with Gasteiger partial charge in [-0.2, -0.15) is 0 Å². The van der Waals surface area contributed by atoms with Gasteiger partial charge < -0.3 is 17.0 Å². The van der Waals surface area contributed by atoms with Crippen LogP contribution in [0, 0.1) is 6.92 Å². The predicted octanol–water partition coefficient (Wildman–Crippen LogP) is 3.25. The van der Waals surface area contributed by atoms with Gasteiger partial charge in [-0.15, -0.1) is 17.9 Å². The smallest absolute Gasteiger partial charge is 0.190 e. The number of hydrogen-bond acceptors (Lipinski definition) is 2. The Balaban J connectivity index is 0.00000225. The monoisotopic (exact) mass is 409 g/mol. The molecule has 0 saturated carbocycles. The van der Waals surface area contributed by atoms with Crippen molar-refractivity contribution >= 4 is 40.2 Å². The number of benzene rings is 2. The summed E-state index contributed by atoms with van der Waals surface area (Å²) < 4.78 is 2.11. The molecule has 2 nitrogen and oxygen atoms in total. The summed E-state index contributed by atoms with van der Waals surface area (Å²) in [7, 11) is 0. The highest BCUT2D eigenvalue weighted by Crippen LogP contribution is 2.30. The molecule has 0 amide bonds. The van der Waals surface area contributed by atoms with Crippen molar-refractivity contribution in [2.24, 2.45) is 4.99 Å². The lowest BCUT2D eigenvalue weighted by Gasteiger charge is -2.08. The fourth-order valence-corrected chi connectivity index (χ4v) is 3.88. The molecule has 3 rings (SSSR count). The molecule has 1 aromatic heterocycles. The van der Waals surface area contributed by atoms with E-state index in [0.29, 0.717) is 16.6 Å². The van der Waals surface area contributed by atoms with Gasteiger partial charge in [0.2, 0.25) is 0 Å². The van der Waals surface area contributed by atoms with Crippen molar-refractivity contribution in [2.75, 3.05) is 0 Å². The summed E-state index contributed by atoms with van der Waals surface area (Å²) in [6, 6.07) is 13.7. The molecule has 0 spiro atoms. The van der Waals surface area contributed by atoms with Gasteiger partial charge in [-0.3, -0.25) is 0 Å². The van der Waals surface area contributed by atoms with Crippen LogP contribution in [0.4, 0.5) is 5.69 Å². The molecule has 130 valence electrons. The second-order valence-corrected chi connectivity index (χ2v) is 7.06. The van der Waals surface area contributed by atoms with Crippen LogP contribution in [0.1, 0.15) is 5.56 Å². The summed E-state index contributed by atoms with van der Waals surface area (Å²) in [5.41, 5.74) is 4.06. The van der Waals surface area contributed by atoms with E-state index in [2.05, 4.69) is 35.6 Å². The molecular formula is C19H16Cl3N2S-. The molecule has 2 aromatic carbocycles. The lowest BCUT2D eigenvalue weighted by Crippen LogP contribution is -3.00. The van der Waals surface area contributed by atoms with Gasteiger partial charge in [0, 0.05) is 22.5 Å². The number of aromatic nitrogens is 1. The molecule has 0 bridgehead atoms. The van der Waals surface area contributed by atoms with Crippen molar-refractivity contribution in [3.63, 3.8) is 0 Å². The van der Waals surface area contributed by atoms with Gasteiger partial charge in [0.05, 0.1) is 16.4 Å². The molecule has 6 heteroatoms. The Labute approximate surface area is 167 Å². The second-order valence-electron chi connectivity index (χ2n) is 5.38. The molecule has 3 aromatic rings. The van der Waals surface area contributed by atoms with Gasteiger partial charge in [-0.05, 0) is 42.8 Å². The van der Waals surface area contributed by atoms with E-state index in [1.165, 1.54) is 5.56 Å². The number of hydrogen-bond donors (Lipinski definition) is 0. The van der Waals surface area contributed by atoms with Crippen LogP contribution in [0.2, 0.25) is 10.0 Å². The zero-order chi connectivity index (χ0) is 17.1. The van der Waals surface area contributed by atoms with Gasteiger partial charge in [0.15, 0.2) is 4.80 Å². The Morgan fingerprint density at radius 2 is 2.00 bits per heavy atom. The largest absolute Gasteiger partial charge is 1.00 e. The number of rotatable bonds is 4. The minimum atomic E-state index is 0. The molecule has 0 saturated heterocycles. The summed E-state index contributed by atoms with van der Waals surface area (Å²) in [5.74, 6) is 0. The third kappa shape index (κ3) is 4.56. The van der Waals surface area contributed by atoms with Crippen LogP contribution >= 0.6 is 34.5 Å². The van der Waals surface area contributed by atoms with Crippen molar-refractivity contribution in [1.29, 1.82) is 0 Å². The van der Waals surface area contributed by atoms with Crippen molar-refractivity contribution in [2.45, 2.75) is 13.5 Å². The van der Waals surface area contributed by atoms with Gasteiger partial charge in [0.25, 0.3) is 0 Å². The molecule has 0 aliphatic carbocycles. The Bertz CT molecular complexity index is 957. The standard InChI is InChI=1S/C19H16Cl2N2S.ClH/c1-3-9-23-18(16-8-7-14(20)11-17(16)21)12-24-19(23)22-15-6-4-5-13(2)10-15;/h3-8,10-12H,1,9H2,2H3;1H/p-1. The number of thiazole rings is 1. The summed E-state index contributed by atoms with van der Waals surface area (Å²) in [5, 5.41) is 3.31. The highest BCUT2D eigenvalue weighted by Gasteiger charge is 2.11. The quantitative estimate of drug-likeness (QED) is 0.588. The highest BCUT2D eigenvalue weighted by molar-refractivity contribution is 7.07. The van der Waals surface area contributed by atoms with Gasteiger partial charge in [0.1, 0.15) is 0 Å². The third-order valence-electron chi connectivity index (χ3n) is 3.54. The zero-order valence-corrected chi connectivity index (χ0v) is 16.6. The molecule has 0 aliphatic rings. The van der Waals surface area contributed by atoms with E-state index in [9.17, 15) is 0 Å². The Morgan fingerprint density at radius 1 is 1.20 bits per heavy atom. The normalized spacial score (nSPS) is 11.2. The maximum absolute atomic E-state index is 6.38. The number of aryl methyl sites for hydroxylation is 1. The summed E-state index contributed by atoms with van der Waals surface area (Å²) >= 11 is 14.0. The van der Waals surface area contributed by atoms with Crippen LogP contribution in [0.25, 0.3) is 11.3 Å². The molecule has 0 atom stereocenters. The highest BCUT2D eigenvalue weighted by atomic mass is 35.5. The van der Waals surface area contributed by atoms with Crippen molar-refractivity contribution in [3.8, 4) is 11.3 Å². The topological polar surface area (TPSA) is 17.3 Å². The Morgan fingerprint density at radius 3 is 2.68 bits per heavy atom. The second kappa shape index (κ2) is 8.72. The third-order valence-corrected chi connectivity index (χ3v) is 4.95. The van der Waals surface area contributed by atoms with Crippen LogP contribution in [0.15, 0.2) is 65.5 Å². The van der Waals surface area contributed by atoms with E-state index in [4.69, 9.17) is 28.2 Å². The lowest BCUT2D eigenvalue weighted by atomic mass is 10.1. The van der Waals surface area contributed by atoms with Crippen LogP contribution in [-0.2, 0) is 6.54 Å². The lowest BCUT2D eigenvalue weighted by molar-refractivity contribution is -0.00000465. The van der Waals surface area contributed by atoms with Crippen LogP contribution < -0.4 is 17.2 Å². The van der Waals surface area contributed by atoms with Crippen molar-refractivity contribution < 1.29 is 12.4 Å². The average molecular weight is 411 g/mol. The van der Waals surface area contributed by atoms with E-state index >= 15 is 0 Å². The SMILES string of the molecule is C=CCn1c(-c2ccc(Cl)cc2Cl)csc1=Nc1cccc(C)c1.[Cl-]. The minimum absolute atomic E-state index is 0. The predicted molar refractivity (Wildman–Crippen MR) is 104 cm³/mol. The Kier molecular flexibility index (Phi) is 6.91. The maximum Gasteiger partial charge on any atom is 0.190 e. The molecule has 0 radical (unpaired) electrons. The van der Waals surface area contributed by atoms with Gasteiger partial charge in [-0.25, -0.2) is 4.99 Å². The van der Waals surface area contributed by atoms with E-state index in [-0.39, 0.29) is 12.4 Å². The fourth-order valence-electron chi connectivity index (χ4n) is 2.45. The molecule has 1 heterocycles. The summed E-state index contributed by atoms with van der Waals surface area (Å²) in [4.78, 5) is 5.68. The van der Waals surface area contributed by atoms with E-state index < -0.39 is 0 Å². The van der Waals surface area contributed by atoms with Crippen LogP contribution in [0.3, 0.4) is 0 Å². The molecular weight excluding hydrogens is 395 g/mol. The minimum Gasteiger partial charge on any atom is -1.00 e. The first kappa shape index (κ1) is 19.8. The number of nitrogens with zero attached hydrogens (tertiary/aromatic N) is 2. The zero-order valence-electron chi connectivity index (χ0n) is 13.5. The molecule has 25 heavy (non-hydrogen) atoms.